The van der Waals surface area contributed by atoms with E-state index in [0.29, 0.717) is 10.4 Å². The third-order valence-corrected chi connectivity index (χ3v) is 5.05. The van der Waals surface area contributed by atoms with Crippen LogP contribution in [0.3, 0.4) is 0 Å². The van der Waals surface area contributed by atoms with Crippen molar-refractivity contribution in [3.63, 3.8) is 0 Å². The Labute approximate surface area is 101 Å². The lowest BCUT2D eigenvalue weighted by atomic mass is 10.3. The fourth-order valence-corrected chi connectivity index (χ4v) is 3.60. The molecule has 0 aliphatic heterocycles. The molecule has 0 fully saturated rings. The minimum atomic E-state index is -4.57. The first kappa shape index (κ1) is 14.4. The number of alkyl halides is 3. The first-order chi connectivity index (χ1) is 7.65. The molecule has 17 heavy (non-hydrogen) atoms. The van der Waals surface area contributed by atoms with Gasteiger partial charge in [-0.3, -0.25) is 0 Å². The van der Waals surface area contributed by atoms with Crippen LogP contribution in [0, 0.1) is 6.92 Å². The monoisotopic (exact) mass is 288 g/mol. The molecule has 0 saturated heterocycles. The predicted octanol–water partition coefficient (Wildman–Crippen LogP) is 1.36. The average molecular weight is 288 g/mol. The number of rotatable bonds is 4. The normalized spacial score (nSPS) is 13.0. The topological polar surface area (TPSA) is 72.2 Å². The number of nitrogens with one attached hydrogen (secondary N) is 1. The van der Waals surface area contributed by atoms with E-state index in [2.05, 4.69) is 0 Å². The van der Waals surface area contributed by atoms with Gasteiger partial charge in [-0.25, -0.2) is 13.1 Å². The Morgan fingerprint density at radius 2 is 2.06 bits per heavy atom. The summed E-state index contributed by atoms with van der Waals surface area (Å²) in [6, 6.07) is 1.31. The van der Waals surface area contributed by atoms with Crippen molar-refractivity contribution < 1.29 is 21.6 Å². The number of sulfonamides is 1. The molecule has 0 saturated carbocycles. The summed E-state index contributed by atoms with van der Waals surface area (Å²) < 4.78 is 60.1. The van der Waals surface area contributed by atoms with E-state index < -0.39 is 22.7 Å². The van der Waals surface area contributed by atoms with Gasteiger partial charge < -0.3 is 5.73 Å². The van der Waals surface area contributed by atoms with Gasteiger partial charge in [0, 0.05) is 11.4 Å². The molecule has 4 nitrogen and oxygen atoms in total. The van der Waals surface area contributed by atoms with Gasteiger partial charge in [-0.05, 0) is 18.6 Å². The molecule has 0 amide bonds. The van der Waals surface area contributed by atoms with Crippen molar-refractivity contribution in [3.8, 4) is 0 Å². The lowest BCUT2D eigenvalue weighted by Gasteiger charge is -2.07. The van der Waals surface area contributed by atoms with Crippen LogP contribution in [0.5, 0.6) is 0 Å². The molecule has 0 atom stereocenters. The van der Waals surface area contributed by atoms with Gasteiger partial charge in [-0.2, -0.15) is 13.2 Å². The number of nitrogens with two attached hydrogens (primary N) is 1. The van der Waals surface area contributed by atoms with Crippen LogP contribution >= 0.6 is 11.3 Å². The summed E-state index contributed by atoms with van der Waals surface area (Å²) in [6.07, 6.45) is -4.57. The SMILES string of the molecule is Cc1cc(S(=O)(=O)NCC(F)(F)F)sc1CN. The second-order valence-electron chi connectivity index (χ2n) is 3.32. The molecule has 0 aromatic carbocycles. The smallest absolute Gasteiger partial charge is 0.326 e. The van der Waals surface area contributed by atoms with Gasteiger partial charge in [-0.15, -0.1) is 11.3 Å². The van der Waals surface area contributed by atoms with E-state index in [9.17, 15) is 21.6 Å². The van der Waals surface area contributed by atoms with E-state index >= 15 is 0 Å². The molecule has 0 radical (unpaired) electrons. The van der Waals surface area contributed by atoms with E-state index in [0.717, 1.165) is 11.3 Å². The van der Waals surface area contributed by atoms with Crippen molar-refractivity contribution in [2.45, 2.75) is 23.9 Å². The average Bonchev–Trinajstić information content (AvgIpc) is 2.56. The molecule has 0 aliphatic carbocycles. The van der Waals surface area contributed by atoms with Crippen LogP contribution in [0.2, 0.25) is 0 Å². The Balaban J connectivity index is 2.90. The van der Waals surface area contributed by atoms with E-state index in [-0.39, 0.29) is 10.8 Å². The molecule has 0 spiro atoms. The summed E-state index contributed by atoms with van der Waals surface area (Å²) in [6.45, 7) is 0.233. The highest BCUT2D eigenvalue weighted by Crippen LogP contribution is 2.25. The van der Waals surface area contributed by atoms with Gasteiger partial charge in [0.25, 0.3) is 0 Å². The van der Waals surface area contributed by atoms with E-state index in [1.807, 2.05) is 0 Å². The summed E-state index contributed by atoms with van der Waals surface area (Å²) in [4.78, 5) is 0.636. The Hall–Kier alpha value is -0.640. The van der Waals surface area contributed by atoms with Crippen molar-refractivity contribution in [1.29, 1.82) is 0 Å². The van der Waals surface area contributed by atoms with Crippen LogP contribution in [0.1, 0.15) is 10.4 Å². The minimum Gasteiger partial charge on any atom is -0.326 e. The largest absolute Gasteiger partial charge is 0.402 e. The zero-order valence-electron chi connectivity index (χ0n) is 8.84. The van der Waals surface area contributed by atoms with Crippen LogP contribution in [-0.4, -0.2) is 21.1 Å². The Morgan fingerprint density at radius 3 is 2.47 bits per heavy atom. The summed E-state index contributed by atoms with van der Waals surface area (Å²) >= 11 is 0.874. The Kier molecular flexibility index (Phi) is 4.18. The summed E-state index contributed by atoms with van der Waals surface area (Å²) in [5.41, 5.74) is 6.02. The number of aryl methyl sites for hydroxylation is 1. The van der Waals surface area contributed by atoms with Crippen LogP contribution in [0.25, 0.3) is 0 Å². The summed E-state index contributed by atoms with van der Waals surface area (Å²) in [5.74, 6) is 0. The molecular weight excluding hydrogens is 277 g/mol. The van der Waals surface area contributed by atoms with Gasteiger partial charge in [0.15, 0.2) is 0 Å². The molecule has 0 unspecified atom stereocenters. The maximum Gasteiger partial charge on any atom is 0.402 e. The van der Waals surface area contributed by atoms with Gasteiger partial charge in [0.1, 0.15) is 10.8 Å². The Morgan fingerprint density at radius 1 is 1.47 bits per heavy atom. The first-order valence-electron chi connectivity index (χ1n) is 4.51. The maximum atomic E-state index is 11.9. The molecule has 1 rings (SSSR count). The number of halogens is 3. The van der Waals surface area contributed by atoms with Gasteiger partial charge in [0.05, 0.1) is 0 Å². The fourth-order valence-electron chi connectivity index (χ4n) is 1.07. The number of thiophene rings is 1. The first-order valence-corrected chi connectivity index (χ1v) is 6.81. The van der Waals surface area contributed by atoms with E-state index in [1.54, 1.807) is 6.92 Å². The molecule has 0 bridgehead atoms. The zero-order chi connectivity index (χ0) is 13.3. The zero-order valence-corrected chi connectivity index (χ0v) is 10.5. The summed E-state index contributed by atoms with van der Waals surface area (Å²) in [7, 11) is -4.11. The van der Waals surface area contributed by atoms with Crippen molar-refractivity contribution >= 4 is 21.4 Å². The lowest BCUT2D eigenvalue weighted by Crippen LogP contribution is -2.33. The molecular formula is C8H11F3N2O2S2. The molecule has 9 heteroatoms. The van der Waals surface area contributed by atoms with Crippen molar-refractivity contribution in [2.24, 2.45) is 5.73 Å². The lowest BCUT2D eigenvalue weighted by molar-refractivity contribution is -0.121. The van der Waals surface area contributed by atoms with E-state index in [1.165, 1.54) is 10.8 Å². The van der Waals surface area contributed by atoms with Crippen LogP contribution in [-0.2, 0) is 16.6 Å². The van der Waals surface area contributed by atoms with Gasteiger partial charge in [-0.1, -0.05) is 0 Å². The predicted molar refractivity (Wildman–Crippen MR) is 58.2 cm³/mol. The quantitative estimate of drug-likeness (QED) is 0.878. The minimum absolute atomic E-state index is 0.153. The van der Waals surface area contributed by atoms with E-state index in [4.69, 9.17) is 5.73 Å². The molecule has 3 N–H and O–H groups in total. The van der Waals surface area contributed by atoms with Crippen molar-refractivity contribution in [1.82, 2.24) is 4.72 Å². The third-order valence-electron chi connectivity index (χ3n) is 1.91. The molecule has 1 aromatic rings. The van der Waals surface area contributed by atoms with Crippen LogP contribution in [0.4, 0.5) is 13.2 Å². The standard InChI is InChI=1S/C8H11F3N2O2S2/c1-5-2-7(16-6(5)3-12)17(14,15)13-4-8(9,10)11/h2,13H,3-4,12H2,1H3. The number of hydrogen-bond acceptors (Lipinski definition) is 4. The summed E-state index contributed by atoms with van der Waals surface area (Å²) in [5, 5.41) is 0. The fraction of sp³-hybridized carbons (Fsp3) is 0.500. The van der Waals surface area contributed by atoms with Crippen molar-refractivity contribution in [2.75, 3.05) is 6.54 Å². The third kappa shape index (κ3) is 3.95. The highest BCUT2D eigenvalue weighted by Gasteiger charge is 2.30. The second-order valence-corrected chi connectivity index (χ2v) is 6.45. The van der Waals surface area contributed by atoms with Crippen LogP contribution in [0.15, 0.2) is 10.3 Å². The highest BCUT2D eigenvalue weighted by molar-refractivity contribution is 7.91. The highest BCUT2D eigenvalue weighted by atomic mass is 32.2. The second kappa shape index (κ2) is 4.92. The Bertz CT molecular complexity index is 493. The van der Waals surface area contributed by atoms with Crippen LogP contribution < -0.4 is 10.5 Å². The van der Waals surface area contributed by atoms with Gasteiger partial charge in [0.2, 0.25) is 10.0 Å². The molecule has 1 heterocycles. The molecule has 1 aromatic heterocycles. The van der Waals surface area contributed by atoms with Gasteiger partial charge >= 0.3 is 6.18 Å². The van der Waals surface area contributed by atoms with Crippen molar-refractivity contribution in [3.05, 3.63) is 16.5 Å². The number of hydrogen-bond donors (Lipinski definition) is 2. The molecule has 98 valence electrons. The molecule has 0 aliphatic rings. The maximum absolute atomic E-state index is 11.9.